The van der Waals surface area contributed by atoms with Gasteiger partial charge in [-0.05, 0) is 36.6 Å². The van der Waals surface area contributed by atoms with Crippen LogP contribution in [0.3, 0.4) is 0 Å². The number of rotatable bonds is 6. The number of anilines is 2. The fraction of sp³-hybridized carbons (Fsp3) is 0.400. The third kappa shape index (κ3) is 4.27. The number of pyridine rings is 2. The second-order valence-electron chi connectivity index (χ2n) is 11.9. The van der Waals surface area contributed by atoms with Gasteiger partial charge in [0.25, 0.3) is 0 Å². The molecule has 10 nitrogen and oxygen atoms in total. The van der Waals surface area contributed by atoms with E-state index in [0.717, 1.165) is 47.9 Å². The predicted molar refractivity (Wildman–Crippen MR) is 154 cm³/mol. The molecule has 40 heavy (non-hydrogen) atoms. The van der Waals surface area contributed by atoms with Gasteiger partial charge in [0.1, 0.15) is 0 Å². The number of hydrogen-bond acceptors (Lipinski definition) is 6. The number of aromatic nitrogens is 4. The molecule has 3 aliphatic heterocycles. The Hall–Kier alpha value is -4.34. The number of benzene rings is 1. The molecule has 1 spiro atoms. The van der Waals surface area contributed by atoms with Crippen molar-refractivity contribution in [2.75, 3.05) is 49.1 Å². The van der Waals surface area contributed by atoms with Crippen molar-refractivity contribution in [3.63, 3.8) is 0 Å². The Bertz CT molecular complexity index is 1640. The van der Waals surface area contributed by atoms with E-state index in [-0.39, 0.29) is 22.5 Å². The first-order chi connectivity index (χ1) is 19.3. The molecule has 1 atom stereocenters. The molecule has 3 fully saturated rings. The molecular formula is C30H34N8O2. The number of carbonyl (C=O) groups excluding carboxylic acids is 1. The number of fused-ring (bicyclic) bond motifs is 1. The summed E-state index contributed by atoms with van der Waals surface area (Å²) in [5.41, 5.74) is 5.11. The van der Waals surface area contributed by atoms with Gasteiger partial charge in [-0.25, -0.2) is 14.3 Å². The summed E-state index contributed by atoms with van der Waals surface area (Å²) in [5, 5.41) is 7.96. The minimum Gasteiger partial charge on any atom is -0.369 e. The van der Waals surface area contributed by atoms with Gasteiger partial charge in [-0.1, -0.05) is 37.3 Å². The van der Waals surface area contributed by atoms with Crippen LogP contribution in [-0.2, 0) is 11.8 Å². The fourth-order valence-electron chi connectivity index (χ4n) is 6.59. The van der Waals surface area contributed by atoms with Crippen molar-refractivity contribution in [2.45, 2.75) is 37.6 Å². The molecule has 1 aromatic carbocycles. The highest BCUT2D eigenvalue weighted by atomic mass is 16.2. The summed E-state index contributed by atoms with van der Waals surface area (Å²) in [6, 6.07) is 16.4. The average Bonchev–Trinajstić information content (AvgIpc) is 3.63. The molecule has 0 unspecified atom stereocenters. The molecule has 0 radical (unpaired) electrons. The van der Waals surface area contributed by atoms with Crippen LogP contribution < -0.4 is 20.7 Å². The van der Waals surface area contributed by atoms with Crippen molar-refractivity contribution in [1.82, 2.24) is 29.8 Å². The summed E-state index contributed by atoms with van der Waals surface area (Å²) < 4.78 is 1.90. The molecule has 0 aliphatic carbocycles. The van der Waals surface area contributed by atoms with E-state index in [1.165, 1.54) is 5.56 Å². The van der Waals surface area contributed by atoms with Crippen molar-refractivity contribution < 1.29 is 4.79 Å². The summed E-state index contributed by atoms with van der Waals surface area (Å²) in [4.78, 5) is 38.3. The summed E-state index contributed by atoms with van der Waals surface area (Å²) in [5.74, 6) is 0.739. The van der Waals surface area contributed by atoms with Gasteiger partial charge in [0.05, 0.1) is 17.4 Å². The predicted octanol–water partition coefficient (Wildman–Crippen LogP) is 2.72. The monoisotopic (exact) mass is 538 g/mol. The fourth-order valence-corrected chi connectivity index (χ4v) is 6.59. The molecule has 2 N–H and O–H groups in total. The molecule has 7 rings (SSSR count). The zero-order valence-corrected chi connectivity index (χ0v) is 22.9. The standard InChI is InChI=1S/C30H34N8O2/c1-21-14-24(35-13-10-29(2,17-35)22-6-4-3-5-7-22)16-38-27(21)32-25(34-38)9-12-36-18-30(33-28(36)40)19-37(20-30)23-8-11-31-26(39)15-23/h3-8,11,14-16H,9-10,12-13,17-20H2,1-2H3,(H,31,39)(H,33,40)/t29-/m1/s1. The second kappa shape index (κ2) is 9.11. The highest BCUT2D eigenvalue weighted by molar-refractivity contribution is 5.79. The highest BCUT2D eigenvalue weighted by Gasteiger charge is 2.51. The molecule has 3 aromatic heterocycles. The first kappa shape index (κ1) is 24.7. The lowest BCUT2D eigenvalue weighted by atomic mass is 9.82. The van der Waals surface area contributed by atoms with Crippen LogP contribution in [0.15, 0.2) is 65.7 Å². The number of carbonyl (C=O) groups is 1. The van der Waals surface area contributed by atoms with Crippen molar-refractivity contribution in [3.05, 3.63) is 88.2 Å². The van der Waals surface area contributed by atoms with Crippen LogP contribution in [0, 0.1) is 6.92 Å². The van der Waals surface area contributed by atoms with E-state index < -0.39 is 0 Å². The normalized spacial score (nSPS) is 21.9. The maximum Gasteiger partial charge on any atom is 0.318 e. The van der Waals surface area contributed by atoms with E-state index in [1.54, 1.807) is 12.3 Å². The van der Waals surface area contributed by atoms with Gasteiger partial charge in [0.2, 0.25) is 5.56 Å². The summed E-state index contributed by atoms with van der Waals surface area (Å²) >= 11 is 0. The van der Waals surface area contributed by atoms with Gasteiger partial charge >= 0.3 is 6.03 Å². The van der Waals surface area contributed by atoms with E-state index in [4.69, 9.17) is 10.1 Å². The molecule has 3 aliphatic rings. The Kier molecular flexibility index (Phi) is 5.62. The first-order valence-electron chi connectivity index (χ1n) is 14.0. The Labute approximate surface area is 232 Å². The van der Waals surface area contributed by atoms with Crippen LogP contribution in [0.2, 0.25) is 0 Å². The van der Waals surface area contributed by atoms with Gasteiger partial charge in [-0.15, -0.1) is 0 Å². The highest BCUT2D eigenvalue weighted by Crippen LogP contribution is 2.37. The zero-order valence-electron chi connectivity index (χ0n) is 22.9. The summed E-state index contributed by atoms with van der Waals surface area (Å²) in [6.07, 6.45) is 5.44. The zero-order chi connectivity index (χ0) is 27.5. The Morgan fingerprint density at radius 3 is 2.60 bits per heavy atom. The molecule has 0 saturated carbocycles. The van der Waals surface area contributed by atoms with Crippen LogP contribution in [0.5, 0.6) is 0 Å². The summed E-state index contributed by atoms with van der Waals surface area (Å²) in [6.45, 7) is 8.98. The summed E-state index contributed by atoms with van der Waals surface area (Å²) in [7, 11) is 0. The van der Waals surface area contributed by atoms with E-state index in [1.807, 2.05) is 15.5 Å². The minimum atomic E-state index is -0.276. The largest absolute Gasteiger partial charge is 0.369 e. The van der Waals surface area contributed by atoms with E-state index in [2.05, 4.69) is 76.5 Å². The minimum absolute atomic E-state index is 0.0525. The van der Waals surface area contributed by atoms with E-state index >= 15 is 0 Å². The van der Waals surface area contributed by atoms with Crippen molar-refractivity contribution in [1.29, 1.82) is 0 Å². The molecule has 10 heteroatoms. The van der Waals surface area contributed by atoms with E-state index in [9.17, 15) is 9.59 Å². The number of nitrogens with one attached hydrogen (secondary N) is 2. The smallest absolute Gasteiger partial charge is 0.318 e. The lowest BCUT2D eigenvalue weighted by molar-refractivity contribution is 0.217. The van der Waals surface area contributed by atoms with Crippen LogP contribution in [0.25, 0.3) is 5.65 Å². The quantitative estimate of drug-likeness (QED) is 0.392. The van der Waals surface area contributed by atoms with Gasteiger partial charge in [-0.2, -0.15) is 5.10 Å². The second-order valence-corrected chi connectivity index (χ2v) is 11.9. The molecule has 4 aromatic rings. The van der Waals surface area contributed by atoms with Gasteiger partial charge in [0, 0.05) is 69.1 Å². The maximum absolute atomic E-state index is 12.8. The number of hydrogen-bond donors (Lipinski definition) is 2. The third-order valence-electron chi connectivity index (χ3n) is 8.82. The molecule has 2 amide bonds. The van der Waals surface area contributed by atoms with Crippen molar-refractivity contribution in [2.24, 2.45) is 0 Å². The van der Waals surface area contributed by atoms with Crippen molar-refractivity contribution in [3.8, 4) is 0 Å². The number of amides is 2. The Balaban J connectivity index is 1.01. The maximum atomic E-state index is 12.8. The molecule has 3 saturated heterocycles. The number of urea groups is 1. The topological polar surface area (TPSA) is 102 Å². The number of nitrogens with zero attached hydrogens (tertiary/aromatic N) is 6. The molecule has 6 heterocycles. The van der Waals surface area contributed by atoms with Gasteiger partial charge in [0.15, 0.2) is 11.5 Å². The SMILES string of the molecule is Cc1cc(N2CC[C@@](C)(c3ccccc3)C2)cn2nc(CCN3CC4(CN(c5cc[nH]c(=O)c5)C4)NC3=O)nc12. The van der Waals surface area contributed by atoms with Crippen LogP contribution in [-0.4, -0.2) is 75.3 Å². The van der Waals surface area contributed by atoms with Crippen LogP contribution in [0.1, 0.15) is 30.3 Å². The van der Waals surface area contributed by atoms with Crippen LogP contribution >= 0.6 is 0 Å². The molecular weight excluding hydrogens is 504 g/mol. The van der Waals surface area contributed by atoms with E-state index in [0.29, 0.717) is 32.6 Å². The van der Waals surface area contributed by atoms with Gasteiger partial charge < -0.3 is 25.0 Å². The van der Waals surface area contributed by atoms with Crippen LogP contribution in [0.4, 0.5) is 16.2 Å². The van der Waals surface area contributed by atoms with Crippen molar-refractivity contribution >= 4 is 23.1 Å². The third-order valence-corrected chi connectivity index (χ3v) is 8.82. The average molecular weight is 539 g/mol. The molecule has 0 bridgehead atoms. The lowest BCUT2D eigenvalue weighted by Gasteiger charge is -2.48. The lowest BCUT2D eigenvalue weighted by Crippen LogP contribution is -2.69. The Morgan fingerprint density at radius 2 is 1.80 bits per heavy atom. The number of H-pyrrole nitrogens is 1. The Morgan fingerprint density at radius 1 is 0.975 bits per heavy atom. The first-order valence-corrected chi connectivity index (χ1v) is 14.0. The van der Waals surface area contributed by atoms with Gasteiger partial charge in [-0.3, -0.25) is 4.79 Å². The number of aryl methyl sites for hydroxylation is 1. The number of aromatic amines is 1. The molecule has 206 valence electrons.